The quantitative estimate of drug-likeness (QED) is 0.103. The van der Waals surface area contributed by atoms with Gasteiger partial charge in [0.05, 0.1) is 0 Å². The number of carbonyl (C=O) groups is 2. The predicted octanol–water partition coefficient (Wildman–Crippen LogP) is 4.06. The van der Waals surface area contributed by atoms with Crippen LogP contribution in [0.1, 0.15) is 32.1 Å². The second-order valence-corrected chi connectivity index (χ2v) is 10.3. The SMILES string of the molecule is CS(C)(CCCNC(=O)CCCCC(=O)Oc1c(F)c(F)cc(F)c1F)OS. The molecule has 0 saturated carbocycles. The standard InChI is InChI=1S/C17H23F4NO4S2/c1-28(2,26-27)9-5-8-22-13(23)6-3-4-7-14(24)25-17-15(20)11(18)10-12(19)16(17)21/h10,27H,3-9H2,1-2H3,(H,22,23). The lowest BCUT2D eigenvalue weighted by atomic mass is 10.2. The van der Waals surface area contributed by atoms with Crippen LogP contribution in [-0.4, -0.2) is 36.7 Å². The van der Waals surface area contributed by atoms with Crippen LogP contribution in [0.25, 0.3) is 0 Å². The number of carbonyl (C=O) groups excluding carboxylic acids is 2. The molecular weight excluding hydrogens is 422 g/mol. The van der Waals surface area contributed by atoms with Crippen LogP contribution in [0.4, 0.5) is 17.6 Å². The van der Waals surface area contributed by atoms with E-state index in [1.165, 1.54) is 0 Å². The van der Waals surface area contributed by atoms with E-state index in [4.69, 9.17) is 3.63 Å². The van der Waals surface area contributed by atoms with Gasteiger partial charge in [-0.15, -0.1) is 10.3 Å². The van der Waals surface area contributed by atoms with Crippen molar-refractivity contribution in [1.82, 2.24) is 5.32 Å². The molecule has 0 aliphatic heterocycles. The monoisotopic (exact) mass is 445 g/mol. The smallest absolute Gasteiger partial charge is 0.311 e. The number of halogens is 4. The lowest BCUT2D eigenvalue weighted by Crippen LogP contribution is -2.25. The van der Waals surface area contributed by atoms with E-state index < -0.39 is 45.3 Å². The highest BCUT2D eigenvalue weighted by Crippen LogP contribution is 2.42. The average Bonchev–Trinajstić information content (AvgIpc) is 2.64. The van der Waals surface area contributed by atoms with Crippen LogP contribution < -0.4 is 10.1 Å². The van der Waals surface area contributed by atoms with Crippen molar-refractivity contribution in [2.24, 2.45) is 0 Å². The Morgan fingerprint density at radius 3 is 2.18 bits per heavy atom. The van der Waals surface area contributed by atoms with Crippen molar-refractivity contribution < 1.29 is 35.5 Å². The number of hydrogen-bond acceptors (Lipinski definition) is 5. The van der Waals surface area contributed by atoms with E-state index >= 15 is 0 Å². The molecule has 1 N–H and O–H groups in total. The van der Waals surface area contributed by atoms with E-state index in [1.54, 1.807) is 0 Å². The van der Waals surface area contributed by atoms with Crippen molar-refractivity contribution >= 4 is 35.1 Å². The number of ether oxygens (including phenoxy) is 1. The predicted molar refractivity (Wildman–Crippen MR) is 102 cm³/mol. The number of amides is 1. The summed E-state index contributed by atoms with van der Waals surface area (Å²) in [5.41, 5.74) is 0. The molecule has 5 nitrogen and oxygen atoms in total. The summed E-state index contributed by atoms with van der Waals surface area (Å²) >= 11 is 3.80. The third-order valence-electron chi connectivity index (χ3n) is 3.66. The van der Waals surface area contributed by atoms with Gasteiger partial charge >= 0.3 is 5.97 Å². The minimum Gasteiger partial charge on any atom is -0.420 e. The minimum absolute atomic E-state index is 0.0222. The molecule has 28 heavy (non-hydrogen) atoms. The number of nitrogens with one attached hydrogen (secondary N) is 1. The van der Waals surface area contributed by atoms with Crippen molar-refractivity contribution in [3.05, 3.63) is 29.3 Å². The van der Waals surface area contributed by atoms with Gasteiger partial charge in [0.25, 0.3) is 0 Å². The Morgan fingerprint density at radius 2 is 1.61 bits per heavy atom. The van der Waals surface area contributed by atoms with Gasteiger partial charge in [-0.1, -0.05) is 0 Å². The molecule has 1 aromatic carbocycles. The highest BCUT2D eigenvalue weighted by molar-refractivity contribution is 8.31. The zero-order valence-corrected chi connectivity index (χ0v) is 17.2. The van der Waals surface area contributed by atoms with Crippen LogP contribution in [0.2, 0.25) is 0 Å². The summed E-state index contributed by atoms with van der Waals surface area (Å²) in [4.78, 5) is 23.3. The first-order valence-corrected chi connectivity index (χ1v) is 11.3. The molecule has 0 bridgehead atoms. The number of benzene rings is 1. The van der Waals surface area contributed by atoms with Crippen molar-refractivity contribution in [3.8, 4) is 5.75 Å². The highest BCUT2D eigenvalue weighted by Gasteiger charge is 2.22. The molecule has 1 amide bonds. The van der Waals surface area contributed by atoms with E-state index in [2.05, 4.69) is 23.0 Å². The fourth-order valence-corrected chi connectivity index (χ4v) is 3.27. The summed E-state index contributed by atoms with van der Waals surface area (Å²) in [6.07, 6.45) is 5.08. The molecule has 0 spiro atoms. The second-order valence-electron chi connectivity index (χ2n) is 6.40. The highest BCUT2D eigenvalue weighted by atomic mass is 32.3. The van der Waals surface area contributed by atoms with Crippen LogP contribution in [0, 0.1) is 23.3 Å². The molecule has 0 aromatic heterocycles. The van der Waals surface area contributed by atoms with Gasteiger partial charge in [0.2, 0.25) is 23.3 Å². The van der Waals surface area contributed by atoms with Gasteiger partial charge in [0, 0.05) is 31.2 Å². The first-order chi connectivity index (χ1) is 13.1. The van der Waals surface area contributed by atoms with Crippen LogP contribution in [-0.2, 0) is 13.2 Å². The van der Waals surface area contributed by atoms with Crippen molar-refractivity contribution in [2.75, 3.05) is 24.8 Å². The van der Waals surface area contributed by atoms with E-state index in [9.17, 15) is 27.2 Å². The largest absolute Gasteiger partial charge is 0.420 e. The second kappa shape index (κ2) is 11.5. The van der Waals surface area contributed by atoms with Crippen molar-refractivity contribution in [2.45, 2.75) is 32.1 Å². The Balaban J connectivity index is 2.28. The molecule has 0 fully saturated rings. The Hall–Kier alpha value is -1.46. The molecule has 0 aliphatic rings. The Labute approximate surface area is 168 Å². The molecule has 0 heterocycles. The molecule has 0 aliphatic carbocycles. The zero-order chi connectivity index (χ0) is 21.3. The normalized spacial score (nSPS) is 12.0. The number of hydrogen-bond donors (Lipinski definition) is 2. The van der Waals surface area contributed by atoms with E-state index in [0.29, 0.717) is 13.0 Å². The summed E-state index contributed by atoms with van der Waals surface area (Å²) in [7, 11) is -1.22. The maximum absolute atomic E-state index is 13.4. The van der Waals surface area contributed by atoms with E-state index in [1.807, 2.05) is 12.5 Å². The Bertz CT molecular complexity index is 678. The molecule has 0 atom stereocenters. The Kier molecular flexibility index (Phi) is 10.1. The van der Waals surface area contributed by atoms with E-state index in [-0.39, 0.29) is 31.2 Å². The van der Waals surface area contributed by atoms with Crippen molar-refractivity contribution in [1.29, 1.82) is 0 Å². The number of rotatable bonds is 11. The van der Waals surface area contributed by atoms with Gasteiger partial charge in [-0.25, -0.2) is 8.78 Å². The summed E-state index contributed by atoms with van der Waals surface area (Å²) in [5.74, 6) is -8.75. The van der Waals surface area contributed by atoms with Gasteiger partial charge in [-0.05, 0) is 44.7 Å². The van der Waals surface area contributed by atoms with Gasteiger partial charge < -0.3 is 10.1 Å². The summed E-state index contributed by atoms with van der Waals surface area (Å²) in [5, 5.41) is 2.73. The lowest BCUT2D eigenvalue weighted by Gasteiger charge is -2.27. The summed E-state index contributed by atoms with van der Waals surface area (Å²) in [6, 6.07) is 0.0222. The first kappa shape index (κ1) is 24.6. The number of thiol groups is 1. The molecule has 1 rings (SSSR count). The summed E-state index contributed by atoms with van der Waals surface area (Å²) < 4.78 is 62.4. The molecule has 0 saturated heterocycles. The maximum atomic E-state index is 13.4. The van der Waals surface area contributed by atoms with E-state index in [0.717, 1.165) is 12.2 Å². The third-order valence-corrected chi connectivity index (χ3v) is 6.54. The molecule has 11 heteroatoms. The van der Waals surface area contributed by atoms with Gasteiger partial charge in [-0.3, -0.25) is 13.2 Å². The lowest BCUT2D eigenvalue weighted by molar-refractivity contribution is -0.135. The first-order valence-electron chi connectivity index (χ1n) is 8.41. The fraction of sp³-hybridized carbons (Fsp3) is 0.529. The maximum Gasteiger partial charge on any atom is 0.311 e. The van der Waals surface area contributed by atoms with Crippen molar-refractivity contribution in [3.63, 3.8) is 0 Å². The Morgan fingerprint density at radius 1 is 1.04 bits per heavy atom. The van der Waals surface area contributed by atoms with Crippen LogP contribution >= 0.6 is 23.2 Å². The van der Waals surface area contributed by atoms with Gasteiger partial charge in [-0.2, -0.15) is 8.78 Å². The van der Waals surface area contributed by atoms with Crippen LogP contribution in [0.5, 0.6) is 5.75 Å². The fourth-order valence-electron chi connectivity index (χ4n) is 2.13. The third kappa shape index (κ3) is 8.27. The topological polar surface area (TPSA) is 64.6 Å². The van der Waals surface area contributed by atoms with Crippen LogP contribution in [0.15, 0.2) is 6.07 Å². The zero-order valence-electron chi connectivity index (χ0n) is 15.5. The molecular formula is C17H23F4NO4S2. The molecule has 160 valence electrons. The molecule has 1 aromatic rings. The van der Waals surface area contributed by atoms with Crippen LogP contribution in [0.3, 0.4) is 0 Å². The van der Waals surface area contributed by atoms with Gasteiger partial charge in [0.15, 0.2) is 11.6 Å². The average molecular weight is 446 g/mol. The molecule has 0 unspecified atom stereocenters. The summed E-state index contributed by atoms with van der Waals surface area (Å²) in [6.45, 7) is 0.484. The van der Waals surface area contributed by atoms with Gasteiger partial charge in [0.1, 0.15) is 0 Å². The number of unbranched alkanes of at least 4 members (excludes halogenated alkanes) is 1. The minimum atomic E-state index is -1.78. The number of esters is 1. The molecule has 0 radical (unpaired) electrons.